The predicted octanol–water partition coefficient (Wildman–Crippen LogP) is 2.25. The third-order valence-electron chi connectivity index (χ3n) is 4.35. The summed E-state index contributed by atoms with van der Waals surface area (Å²) in [7, 11) is 0. The van der Waals surface area contributed by atoms with E-state index in [0.29, 0.717) is 24.1 Å². The molecule has 1 fully saturated rings. The van der Waals surface area contributed by atoms with Gasteiger partial charge in [-0.25, -0.2) is 0 Å². The molecule has 1 aromatic rings. The molecule has 3 N–H and O–H groups in total. The minimum absolute atomic E-state index is 0.0617. The van der Waals surface area contributed by atoms with Crippen LogP contribution in [0.2, 0.25) is 0 Å². The number of hydrogen-bond donors (Lipinski definition) is 3. The van der Waals surface area contributed by atoms with Gasteiger partial charge in [0.1, 0.15) is 0 Å². The first-order chi connectivity index (χ1) is 10.9. The fraction of sp³-hybridized carbons (Fsp3) is 0.438. The summed E-state index contributed by atoms with van der Waals surface area (Å²) in [5.74, 6) is -1.29. The summed E-state index contributed by atoms with van der Waals surface area (Å²) in [6, 6.07) is 5.17. The molecule has 0 radical (unpaired) electrons. The molecule has 0 spiro atoms. The number of carboxylic acid groups (broad SMARTS) is 1. The van der Waals surface area contributed by atoms with E-state index in [9.17, 15) is 14.4 Å². The standard InChI is InChI=1S/C16H18N2O4S/c1-9-14(21)17-11-7-10(3-4-12(11)23-9)15(22)18-16(5-2-6-16)8-13(19)20/h3-4,7,9H,2,5-6,8H2,1H3,(H,17,21)(H,18,22)(H,19,20). The second-order valence-corrected chi connectivity index (χ2v) is 7.50. The molecule has 2 amide bonds. The molecule has 1 aliphatic carbocycles. The molecule has 2 aliphatic rings. The van der Waals surface area contributed by atoms with Crippen LogP contribution in [0.15, 0.2) is 23.1 Å². The van der Waals surface area contributed by atoms with Gasteiger partial charge in [-0.1, -0.05) is 0 Å². The minimum Gasteiger partial charge on any atom is -0.481 e. The maximum atomic E-state index is 12.4. The lowest BCUT2D eigenvalue weighted by Gasteiger charge is -2.41. The van der Waals surface area contributed by atoms with Crippen LogP contribution in [0.4, 0.5) is 5.69 Å². The number of hydrogen-bond acceptors (Lipinski definition) is 4. The normalized spacial score (nSPS) is 21.6. The number of aliphatic carboxylic acids is 1. The Balaban J connectivity index is 1.77. The molecule has 0 aromatic heterocycles. The Bertz CT molecular complexity index is 685. The lowest BCUT2D eigenvalue weighted by molar-refractivity contribution is -0.139. The molecule has 0 saturated heterocycles. The first-order valence-electron chi connectivity index (χ1n) is 7.54. The van der Waals surface area contributed by atoms with Gasteiger partial charge in [0.15, 0.2) is 0 Å². The van der Waals surface area contributed by atoms with Gasteiger partial charge in [-0.05, 0) is 44.4 Å². The van der Waals surface area contributed by atoms with Crippen molar-refractivity contribution in [1.29, 1.82) is 0 Å². The first-order valence-corrected chi connectivity index (χ1v) is 8.42. The monoisotopic (exact) mass is 334 g/mol. The number of amides is 2. The van der Waals surface area contributed by atoms with Crippen molar-refractivity contribution >= 4 is 35.2 Å². The Morgan fingerprint density at radius 2 is 2.17 bits per heavy atom. The summed E-state index contributed by atoms with van der Waals surface area (Å²) in [5.41, 5.74) is 0.424. The molecule has 0 bridgehead atoms. The number of nitrogens with one attached hydrogen (secondary N) is 2. The zero-order valence-electron chi connectivity index (χ0n) is 12.7. The van der Waals surface area contributed by atoms with Crippen molar-refractivity contribution in [3.8, 4) is 0 Å². The highest BCUT2D eigenvalue weighted by Crippen LogP contribution is 2.37. The lowest BCUT2D eigenvalue weighted by Crippen LogP contribution is -2.54. The quantitative estimate of drug-likeness (QED) is 0.785. The maximum absolute atomic E-state index is 12.4. The summed E-state index contributed by atoms with van der Waals surface area (Å²) in [6.45, 7) is 1.83. The van der Waals surface area contributed by atoms with Crippen molar-refractivity contribution in [3.63, 3.8) is 0 Å². The van der Waals surface area contributed by atoms with Crippen LogP contribution in [0.5, 0.6) is 0 Å². The molecular weight excluding hydrogens is 316 g/mol. The lowest BCUT2D eigenvalue weighted by atomic mass is 9.74. The van der Waals surface area contributed by atoms with Gasteiger partial charge in [-0.3, -0.25) is 14.4 Å². The summed E-state index contributed by atoms with van der Waals surface area (Å²) in [6.07, 6.45) is 2.22. The summed E-state index contributed by atoms with van der Waals surface area (Å²) in [4.78, 5) is 36.1. The van der Waals surface area contributed by atoms with E-state index < -0.39 is 11.5 Å². The van der Waals surface area contributed by atoms with Gasteiger partial charge >= 0.3 is 5.97 Å². The number of thioether (sulfide) groups is 1. The molecule has 1 heterocycles. The van der Waals surface area contributed by atoms with E-state index in [1.807, 2.05) is 13.0 Å². The van der Waals surface area contributed by atoms with E-state index in [-0.39, 0.29) is 23.5 Å². The van der Waals surface area contributed by atoms with Crippen LogP contribution in [-0.4, -0.2) is 33.7 Å². The van der Waals surface area contributed by atoms with Crippen LogP contribution in [0.3, 0.4) is 0 Å². The van der Waals surface area contributed by atoms with Gasteiger partial charge in [-0.15, -0.1) is 11.8 Å². The highest BCUT2D eigenvalue weighted by molar-refractivity contribution is 8.00. The highest BCUT2D eigenvalue weighted by atomic mass is 32.2. The van der Waals surface area contributed by atoms with Gasteiger partial charge in [0.2, 0.25) is 5.91 Å². The smallest absolute Gasteiger partial charge is 0.305 e. The van der Waals surface area contributed by atoms with E-state index in [0.717, 1.165) is 11.3 Å². The Morgan fingerprint density at radius 1 is 1.43 bits per heavy atom. The molecule has 3 rings (SSSR count). The number of carbonyl (C=O) groups is 3. The molecule has 1 saturated carbocycles. The number of rotatable bonds is 4. The van der Waals surface area contributed by atoms with Crippen LogP contribution in [-0.2, 0) is 9.59 Å². The number of carboxylic acids is 1. The van der Waals surface area contributed by atoms with Gasteiger partial charge in [-0.2, -0.15) is 0 Å². The van der Waals surface area contributed by atoms with Crippen molar-refractivity contribution in [3.05, 3.63) is 23.8 Å². The Labute approximate surface area is 138 Å². The SMILES string of the molecule is CC1Sc2ccc(C(=O)NC3(CC(=O)O)CCC3)cc2NC1=O. The van der Waals surface area contributed by atoms with Crippen LogP contribution >= 0.6 is 11.8 Å². The maximum Gasteiger partial charge on any atom is 0.305 e. The highest BCUT2D eigenvalue weighted by Gasteiger charge is 2.40. The van der Waals surface area contributed by atoms with Crippen LogP contribution < -0.4 is 10.6 Å². The fourth-order valence-electron chi connectivity index (χ4n) is 2.90. The summed E-state index contributed by atoms with van der Waals surface area (Å²) < 4.78 is 0. The van der Waals surface area contributed by atoms with E-state index in [1.165, 1.54) is 11.8 Å². The number of fused-ring (bicyclic) bond motifs is 1. The van der Waals surface area contributed by atoms with E-state index in [1.54, 1.807) is 12.1 Å². The fourth-order valence-corrected chi connectivity index (χ4v) is 3.83. The third kappa shape index (κ3) is 3.19. The average Bonchev–Trinajstić information content (AvgIpc) is 2.45. The van der Waals surface area contributed by atoms with E-state index in [2.05, 4.69) is 10.6 Å². The molecule has 7 heteroatoms. The van der Waals surface area contributed by atoms with Gasteiger partial charge < -0.3 is 15.7 Å². The summed E-state index contributed by atoms with van der Waals surface area (Å²) >= 11 is 1.46. The molecule has 1 unspecified atom stereocenters. The zero-order valence-corrected chi connectivity index (χ0v) is 13.5. The third-order valence-corrected chi connectivity index (χ3v) is 5.53. The predicted molar refractivity (Wildman–Crippen MR) is 86.7 cm³/mol. The van der Waals surface area contributed by atoms with Gasteiger partial charge in [0, 0.05) is 10.5 Å². The number of benzene rings is 1. The Hall–Kier alpha value is -2.02. The second-order valence-electron chi connectivity index (χ2n) is 6.12. The number of anilines is 1. The average molecular weight is 334 g/mol. The van der Waals surface area contributed by atoms with Crippen LogP contribution in [0, 0.1) is 0 Å². The molecule has 1 aliphatic heterocycles. The first kappa shape index (κ1) is 15.9. The van der Waals surface area contributed by atoms with Crippen LogP contribution in [0.25, 0.3) is 0 Å². The summed E-state index contributed by atoms with van der Waals surface area (Å²) in [5, 5.41) is 14.5. The Kier molecular flexibility index (Phi) is 4.06. The van der Waals surface area contributed by atoms with Crippen molar-refractivity contribution in [1.82, 2.24) is 5.32 Å². The molecule has 6 nitrogen and oxygen atoms in total. The van der Waals surface area contributed by atoms with Gasteiger partial charge in [0.25, 0.3) is 5.91 Å². The zero-order chi connectivity index (χ0) is 16.6. The second kappa shape index (κ2) is 5.88. The van der Waals surface area contributed by atoms with Crippen molar-refractivity contribution in [2.45, 2.75) is 48.3 Å². The molecular formula is C16H18N2O4S. The van der Waals surface area contributed by atoms with Gasteiger partial charge in [0.05, 0.1) is 22.9 Å². The molecule has 1 aromatic carbocycles. The number of carbonyl (C=O) groups excluding carboxylic acids is 2. The van der Waals surface area contributed by atoms with E-state index in [4.69, 9.17) is 5.11 Å². The van der Waals surface area contributed by atoms with Crippen LogP contribution in [0.1, 0.15) is 43.0 Å². The van der Waals surface area contributed by atoms with Crippen molar-refractivity contribution < 1.29 is 19.5 Å². The topological polar surface area (TPSA) is 95.5 Å². The Morgan fingerprint density at radius 3 is 2.78 bits per heavy atom. The molecule has 1 atom stereocenters. The molecule has 23 heavy (non-hydrogen) atoms. The van der Waals surface area contributed by atoms with Crippen molar-refractivity contribution in [2.75, 3.05) is 5.32 Å². The van der Waals surface area contributed by atoms with Crippen molar-refractivity contribution in [2.24, 2.45) is 0 Å². The van der Waals surface area contributed by atoms with E-state index >= 15 is 0 Å². The minimum atomic E-state index is -0.909. The largest absolute Gasteiger partial charge is 0.481 e. The molecule has 122 valence electrons.